The average molecular weight is 1090 g/mol. The Bertz CT molecular complexity index is 4510. The molecule has 0 bridgehead atoms. The van der Waals surface area contributed by atoms with Crippen LogP contribution in [0.2, 0.25) is 0 Å². The maximum atomic E-state index is 7.10. The molecule has 3 aromatic heterocycles. The minimum atomic E-state index is -0.263. The molecule has 14 rings (SSSR count). The number of anilines is 2. The van der Waals surface area contributed by atoms with E-state index in [2.05, 4.69) is 277 Å². The Hall–Kier alpha value is -7.60. The van der Waals surface area contributed by atoms with Crippen LogP contribution in [-0.4, -0.2) is 11.8 Å². The van der Waals surface area contributed by atoms with Crippen LogP contribution in [0.3, 0.4) is 0 Å². The van der Waals surface area contributed by atoms with E-state index in [1.54, 1.807) is 0 Å². The van der Waals surface area contributed by atoms with Gasteiger partial charge in [-0.1, -0.05) is 212 Å². The van der Waals surface area contributed by atoms with Crippen molar-refractivity contribution in [3.05, 3.63) is 220 Å². The van der Waals surface area contributed by atoms with E-state index in [0.717, 1.165) is 29.0 Å². The van der Waals surface area contributed by atoms with Crippen molar-refractivity contribution in [1.82, 2.24) is 4.57 Å². The molecule has 3 nitrogen and oxygen atoms in total. The second-order valence-corrected chi connectivity index (χ2v) is 29.8. The number of fused-ring (bicyclic) bond motifs is 13. The molecule has 0 radical (unpaired) electrons. The van der Waals surface area contributed by atoms with Gasteiger partial charge in [0, 0.05) is 70.1 Å². The molecule has 5 heteroatoms. The Morgan fingerprint density at radius 2 is 1.10 bits per heavy atom. The number of aromatic nitrogens is 1. The SMILES string of the molecule is CC(C)(C)c1ccc(Nc2cc3c(cc2-c2ccc4c5cc6c(cc5n5c4c2Bc2oc4ccc(C(C)(C)C)cc4c2-5)sc2ccccc26)-c2ccc(CC(c4ccc(C(C)(C)C)cc4)c4ccc(C(C)(C)C)cc4)cc2C3(C)C)cc1. The molecule has 0 atom stereocenters. The van der Waals surface area contributed by atoms with Gasteiger partial charge in [-0.25, -0.2) is 0 Å². The molecular weight excluding hydrogens is 1010 g/mol. The highest BCUT2D eigenvalue weighted by Gasteiger charge is 2.38. The number of hydrogen-bond acceptors (Lipinski definition) is 3. The van der Waals surface area contributed by atoms with E-state index in [9.17, 15) is 0 Å². The lowest BCUT2D eigenvalue weighted by atomic mass is 9.62. The van der Waals surface area contributed by atoms with Crippen molar-refractivity contribution >= 4 is 94.1 Å². The van der Waals surface area contributed by atoms with Crippen LogP contribution in [0.1, 0.15) is 153 Å². The molecule has 1 N–H and O–H groups in total. The van der Waals surface area contributed by atoms with Crippen molar-refractivity contribution in [3.63, 3.8) is 0 Å². The van der Waals surface area contributed by atoms with Crippen LogP contribution in [0.25, 0.3) is 80.9 Å². The number of rotatable bonds is 7. The van der Waals surface area contributed by atoms with Gasteiger partial charge in [0.2, 0.25) is 7.28 Å². The largest absolute Gasteiger partial charge is 0.469 e. The zero-order valence-corrected chi connectivity index (χ0v) is 51.2. The molecule has 1 aliphatic carbocycles. The molecule has 12 aromatic rings. The van der Waals surface area contributed by atoms with Gasteiger partial charge in [-0.15, -0.1) is 11.3 Å². The third kappa shape index (κ3) is 8.50. The third-order valence-electron chi connectivity index (χ3n) is 18.7. The molecule has 0 unspecified atom stereocenters. The van der Waals surface area contributed by atoms with Gasteiger partial charge in [0.15, 0.2) is 0 Å². The molecule has 0 saturated heterocycles. The summed E-state index contributed by atoms with van der Waals surface area (Å²) in [6.07, 6.45) is 0.902. The van der Waals surface area contributed by atoms with Crippen LogP contribution in [0.15, 0.2) is 174 Å². The van der Waals surface area contributed by atoms with E-state index in [1.807, 2.05) is 11.3 Å². The maximum absolute atomic E-state index is 7.10. The van der Waals surface area contributed by atoms with E-state index in [4.69, 9.17) is 4.42 Å². The summed E-state index contributed by atoms with van der Waals surface area (Å²) in [6, 6.07) is 66.0. The molecule has 1 aliphatic heterocycles. The minimum Gasteiger partial charge on any atom is -0.469 e. The summed E-state index contributed by atoms with van der Waals surface area (Å²) in [6.45, 7) is 32.5. The van der Waals surface area contributed by atoms with Crippen LogP contribution < -0.4 is 16.4 Å². The lowest BCUT2D eigenvalue weighted by molar-refractivity contribution is 0.589. The van der Waals surface area contributed by atoms with Crippen LogP contribution in [0, 0.1) is 0 Å². The number of hydrogen-bond donors (Lipinski definition) is 1. The summed E-state index contributed by atoms with van der Waals surface area (Å²) in [5.41, 5.74) is 26.2. The van der Waals surface area contributed by atoms with Crippen LogP contribution in [0.5, 0.6) is 0 Å². The Labute approximate surface area is 489 Å². The predicted molar refractivity (Wildman–Crippen MR) is 356 cm³/mol. The molecule has 4 heterocycles. The second-order valence-electron chi connectivity index (χ2n) is 28.7. The number of furan rings is 1. The topological polar surface area (TPSA) is 30.1 Å². The van der Waals surface area contributed by atoms with E-state index in [-0.39, 0.29) is 33.0 Å². The van der Waals surface area contributed by atoms with E-state index in [0.29, 0.717) is 7.28 Å². The maximum Gasteiger partial charge on any atom is 0.244 e. The lowest BCUT2D eigenvalue weighted by Gasteiger charge is -2.26. The zero-order valence-electron chi connectivity index (χ0n) is 50.4. The third-order valence-corrected chi connectivity index (χ3v) is 19.8. The molecule has 408 valence electrons. The zero-order chi connectivity index (χ0) is 57.2. The van der Waals surface area contributed by atoms with Crippen molar-refractivity contribution in [2.75, 3.05) is 5.32 Å². The first-order chi connectivity index (χ1) is 38.9. The summed E-state index contributed by atoms with van der Waals surface area (Å²) in [5, 5.41) is 10.4. The van der Waals surface area contributed by atoms with Gasteiger partial charge < -0.3 is 14.3 Å². The number of nitrogens with one attached hydrogen (secondary N) is 1. The molecule has 0 spiro atoms. The highest BCUT2D eigenvalue weighted by atomic mass is 32.1. The summed E-state index contributed by atoms with van der Waals surface area (Å²) in [4.78, 5) is 0. The van der Waals surface area contributed by atoms with Gasteiger partial charge in [-0.05, 0) is 155 Å². The number of nitrogens with zero attached hydrogens (tertiary/aromatic N) is 1. The van der Waals surface area contributed by atoms with Crippen molar-refractivity contribution in [2.24, 2.45) is 0 Å². The molecule has 2 aliphatic rings. The van der Waals surface area contributed by atoms with Crippen LogP contribution in [0.4, 0.5) is 11.4 Å². The monoisotopic (exact) mass is 1090 g/mol. The normalized spacial score (nSPS) is 14.1. The van der Waals surface area contributed by atoms with Crippen molar-refractivity contribution in [1.29, 1.82) is 0 Å². The minimum absolute atomic E-state index is 0.0194. The fourth-order valence-electron chi connectivity index (χ4n) is 13.8. The van der Waals surface area contributed by atoms with Crippen LogP contribution in [-0.2, 0) is 33.5 Å². The molecule has 9 aromatic carbocycles. The smallest absolute Gasteiger partial charge is 0.244 e. The quantitative estimate of drug-likeness (QED) is 0.161. The van der Waals surface area contributed by atoms with Gasteiger partial charge in [-0.2, -0.15) is 0 Å². The molecule has 0 fully saturated rings. The average Bonchev–Trinajstić information content (AvgIpc) is 2.51. The number of benzene rings is 9. The first-order valence-electron chi connectivity index (χ1n) is 29.8. The number of thiophene rings is 1. The summed E-state index contributed by atoms with van der Waals surface area (Å²) in [7, 11) is 0.677. The Kier molecular flexibility index (Phi) is 11.6. The van der Waals surface area contributed by atoms with Crippen molar-refractivity contribution < 1.29 is 4.42 Å². The highest BCUT2D eigenvalue weighted by molar-refractivity contribution is 7.25. The van der Waals surface area contributed by atoms with Crippen LogP contribution >= 0.6 is 11.3 Å². The van der Waals surface area contributed by atoms with E-state index < -0.39 is 0 Å². The van der Waals surface area contributed by atoms with Gasteiger partial charge in [0.25, 0.3) is 0 Å². The molecular formula is C77H75BN2OS. The van der Waals surface area contributed by atoms with Gasteiger partial charge in [0.05, 0.1) is 16.9 Å². The summed E-state index contributed by atoms with van der Waals surface area (Å²) in [5.74, 6) is 0.200. The van der Waals surface area contributed by atoms with Crippen molar-refractivity contribution in [3.8, 4) is 27.9 Å². The molecule has 0 saturated carbocycles. The Balaban J connectivity index is 0.956. The Morgan fingerprint density at radius 3 is 1.74 bits per heavy atom. The van der Waals surface area contributed by atoms with Gasteiger partial charge >= 0.3 is 0 Å². The fourth-order valence-corrected chi connectivity index (χ4v) is 14.9. The van der Waals surface area contributed by atoms with E-state index in [1.165, 1.54) is 131 Å². The molecule has 0 amide bonds. The second kappa shape index (κ2) is 18.2. The Morgan fingerprint density at radius 1 is 0.500 bits per heavy atom. The predicted octanol–water partition coefficient (Wildman–Crippen LogP) is 19.9. The lowest BCUT2D eigenvalue weighted by Crippen LogP contribution is -2.36. The van der Waals surface area contributed by atoms with Gasteiger partial charge in [0.1, 0.15) is 5.58 Å². The summed E-state index contributed by atoms with van der Waals surface area (Å²) < 4.78 is 12.3. The standard InChI is InChI=1S/C77H75BN2OS/c1-73(2,3)47-24-20-45(21-25-47)56(46-22-26-48(27-23-46)74(4,5)6)37-44-19-33-52-57-40-58(64(42-63(57)77(13,14)62(52)38-44)79-51-31-28-49(29-32-51)75(7,8)9)54-34-35-55-59-41-60-53-17-15-16-18-67(53)82-68(60)43-65(59)80-70(55)69(54)78-72-71(80)61-39-50(76(10,11)12)30-36-66(61)81-72/h15-36,38-43,56,78-79H,37H2,1-14H3. The summed E-state index contributed by atoms with van der Waals surface area (Å²) >= 11 is 1.89. The first kappa shape index (κ1) is 52.5. The van der Waals surface area contributed by atoms with E-state index >= 15 is 0 Å². The fraction of sp³-hybridized carbons (Fsp3) is 0.273. The van der Waals surface area contributed by atoms with Gasteiger partial charge in [-0.3, -0.25) is 0 Å². The highest BCUT2D eigenvalue weighted by Crippen LogP contribution is 2.53. The first-order valence-corrected chi connectivity index (χ1v) is 30.6. The molecule has 82 heavy (non-hydrogen) atoms. The van der Waals surface area contributed by atoms with Crippen molar-refractivity contribution in [2.45, 2.75) is 136 Å².